The van der Waals surface area contributed by atoms with Gasteiger partial charge in [0, 0.05) is 43.7 Å². The Morgan fingerprint density at radius 3 is 1.89 bits per heavy atom. The van der Waals surface area contributed by atoms with Crippen molar-refractivity contribution in [1.82, 2.24) is 29.3 Å². The molecule has 148 valence electrons. The minimum Gasteiger partial charge on any atom is -0.305 e. The van der Waals surface area contributed by atoms with Crippen LogP contribution < -0.4 is 10.6 Å². The molecule has 10 nitrogen and oxygen atoms in total. The Hall–Kier alpha value is -3.43. The topological polar surface area (TPSA) is 112 Å². The first kappa shape index (κ1) is 19.3. The van der Waals surface area contributed by atoms with Gasteiger partial charge in [0.05, 0.1) is 11.8 Å². The van der Waals surface area contributed by atoms with Crippen LogP contribution in [0.2, 0.25) is 0 Å². The molecule has 0 atom stereocenters. The third-order valence-electron chi connectivity index (χ3n) is 4.44. The lowest BCUT2D eigenvalue weighted by atomic mass is 10.2. The first-order valence-corrected chi connectivity index (χ1v) is 9.07. The highest BCUT2D eigenvalue weighted by Gasteiger charge is 2.23. The van der Waals surface area contributed by atoms with Crippen LogP contribution in [0.25, 0.3) is 0 Å². The van der Waals surface area contributed by atoms with Gasteiger partial charge in [-0.25, -0.2) is 0 Å². The number of carbonyl (C=O) groups is 2. The van der Waals surface area contributed by atoms with Crippen molar-refractivity contribution < 1.29 is 9.59 Å². The second kappa shape index (κ2) is 7.67. The molecule has 0 aromatic carbocycles. The molecule has 3 aromatic heterocycles. The lowest BCUT2D eigenvalue weighted by Gasteiger charge is -2.06. The molecule has 0 saturated heterocycles. The van der Waals surface area contributed by atoms with Gasteiger partial charge in [-0.1, -0.05) is 0 Å². The minimum atomic E-state index is -0.457. The Balaban J connectivity index is 1.81. The Morgan fingerprint density at radius 2 is 1.43 bits per heavy atom. The molecule has 3 aromatic rings. The van der Waals surface area contributed by atoms with Gasteiger partial charge in [-0.15, -0.1) is 0 Å². The van der Waals surface area contributed by atoms with Crippen LogP contribution in [0.3, 0.4) is 0 Å². The number of nitrogens with one attached hydrogen (secondary N) is 2. The maximum Gasteiger partial charge on any atom is 0.275 e. The van der Waals surface area contributed by atoms with Crippen LogP contribution in [0.15, 0.2) is 18.3 Å². The number of hydrogen-bond acceptors (Lipinski definition) is 5. The number of anilines is 2. The molecule has 0 spiro atoms. The maximum atomic E-state index is 12.8. The monoisotopic (exact) mass is 384 g/mol. The minimum absolute atomic E-state index is 0.146. The summed E-state index contributed by atoms with van der Waals surface area (Å²) in [5.41, 5.74) is 2.18. The average Bonchev–Trinajstić information content (AvgIpc) is 3.31. The fraction of sp³-hybridized carbons (Fsp3) is 0.389. The normalized spacial score (nSPS) is 10.9. The molecular formula is C18H24N8O2. The highest BCUT2D eigenvalue weighted by Crippen LogP contribution is 2.15. The predicted molar refractivity (Wildman–Crippen MR) is 104 cm³/mol. The SMILES string of the molecule is CCn1nc(NC(=O)c2cnn(C)c2C(=O)Nc2cc(C)n(CC)n2)cc1C. The molecule has 0 unspecified atom stereocenters. The van der Waals surface area contributed by atoms with Crippen molar-refractivity contribution in [1.29, 1.82) is 0 Å². The summed E-state index contributed by atoms with van der Waals surface area (Å²) in [4.78, 5) is 25.5. The zero-order valence-electron chi connectivity index (χ0n) is 16.6. The standard InChI is InChI=1S/C18H24N8O2/c1-6-25-11(3)8-14(22-25)20-17(27)13-10-19-24(5)16(13)18(28)21-15-9-12(4)26(7-2)23-15/h8-10H,6-7H2,1-5H3,(H,20,22,27)(H,21,23,28). The fourth-order valence-corrected chi connectivity index (χ4v) is 3.01. The molecule has 0 aliphatic heterocycles. The van der Waals surface area contributed by atoms with E-state index in [0.29, 0.717) is 24.7 Å². The van der Waals surface area contributed by atoms with Gasteiger partial charge in [0.25, 0.3) is 11.8 Å². The Labute approximate surface area is 162 Å². The van der Waals surface area contributed by atoms with E-state index in [4.69, 9.17) is 0 Å². The van der Waals surface area contributed by atoms with Crippen molar-refractivity contribution in [2.24, 2.45) is 7.05 Å². The molecule has 2 amide bonds. The van der Waals surface area contributed by atoms with Crippen molar-refractivity contribution in [3.63, 3.8) is 0 Å². The van der Waals surface area contributed by atoms with E-state index in [0.717, 1.165) is 11.4 Å². The van der Waals surface area contributed by atoms with E-state index in [1.54, 1.807) is 28.5 Å². The highest BCUT2D eigenvalue weighted by molar-refractivity contribution is 6.14. The fourth-order valence-electron chi connectivity index (χ4n) is 3.01. The largest absolute Gasteiger partial charge is 0.305 e. The molecule has 0 saturated carbocycles. The van der Waals surface area contributed by atoms with Gasteiger partial charge in [-0.2, -0.15) is 15.3 Å². The number of nitrogens with zero attached hydrogens (tertiary/aromatic N) is 6. The molecule has 3 heterocycles. The first-order valence-electron chi connectivity index (χ1n) is 9.07. The van der Waals surface area contributed by atoms with E-state index in [1.807, 2.05) is 27.7 Å². The van der Waals surface area contributed by atoms with Crippen molar-refractivity contribution in [3.8, 4) is 0 Å². The van der Waals surface area contributed by atoms with Crippen molar-refractivity contribution in [2.45, 2.75) is 40.8 Å². The molecule has 0 radical (unpaired) electrons. The molecule has 28 heavy (non-hydrogen) atoms. The summed E-state index contributed by atoms with van der Waals surface area (Å²) in [6, 6.07) is 3.55. The summed E-state index contributed by atoms with van der Waals surface area (Å²) in [5.74, 6) is -0.0541. The predicted octanol–water partition coefficient (Wildman–Crippen LogP) is 1.97. The number of hydrogen-bond donors (Lipinski definition) is 2. The second-order valence-electron chi connectivity index (χ2n) is 6.41. The van der Waals surface area contributed by atoms with Crippen LogP contribution in [-0.2, 0) is 20.1 Å². The number of carbonyl (C=O) groups excluding carboxylic acids is 2. The van der Waals surface area contributed by atoms with Crippen LogP contribution in [0.4, 0.5) is 11.6 Å². The number of aryl methyl sites for hydroxylation is 5. The van der Waals surface area contributed by atoms with Gasteiger partial charge >= 0.3 is 0 Å². The number of amides is 2. The van der Waals surface area contributed by atoms with Gasteiger partial charge in [0.1, 0.15) is 5.69 Å². The average molecular weight is 384 g/mol. The smallest absolute Gasteiger partial charge is 0.275 e. The molecule has 3 rings (SSSR count). The summed E-state index contributed by atoms with van der Waals surface area (Å²) in [7, 11) is 1.61. The quantitative estimate of drug-likeness (QED) is 0.675. The molecule has 0 bridgehead atoms. The molecular weight excluding hydrogens is 360 g/mol. The van der Waals surface area contributed by atoms with Crippen molar-refractivity contribution >= 4 is 23.5 Å². The van der Waals surface area contributed by atoms with E-state index in [-0.39, 0.29) is 11.3 Å². The lowest BCUT2D eigenvalue weighted by Crippen LogP contribution is -2.22. The third-order valence-corrected chi connectivity index (χ3v) is 4.44. The Morgan fingerprint density at radius 1 is 0.929 bits per heavy atom. The van der Waals surface area contributed by atoms with Gasteiger partial charge in [0.15, 0.2) is 11.6 Å². The zero-order chi connectivity index (χ0) is 20.4. The van der Waals surface area contributed by atoms with E-state index in [9.17, 15) is 9.59 Å². The first-order chi connectivity index (χ1) is 13.3. The molecule has 10 heteroatoms. The van der Waals surface area contributed by atoms with Crippen LogP contribution >= 0.6 is 0 Å². The molecule has 2 N–H and O–H groups in total. The number of rotatable bonds is 6. The van der Waals surface area contributed by atoms with E-state index in [2.05, 4.69) is 25.9 Å². The van der Waals surface area contributed by atoms with Gasteiger partial charge in [0.2, 0.25) is 0 Å². The lowest BCUT2D eigenvalue weighted by molar-refractivity contribution is 0.0984. The Kier molecular flexibility index (Phi) is 5.30. The van der Waals surface area contributed by atoms with E-state index in [1.165, 1.54) is 10.9 Å². The molecule has 0 fully saturated rings. The van der Waals surface area contributed by atoms with Gasteiger partial charge < -0.3 is 10.6 Å². The highest BCUT2D eigenvalue weighted by atomic mass is 16.2. The molecule has 0 aliphatic rings. The van der Waals surface area contributed by atoms with Crippen molar-refractivity contribution in [3.05, 3.63) is 41.0 Å². The van der Waals surface area contributed by atoms with Crippen LogP contribution in [0, 0.1) is 13.8 Å². The molecule has 0 aliphatic carbocycles. The van der Waals surface area contributed by atoms with Gasteiger partial charge in [-0.05, 0) is 27.7 Å². The zero-order valence-corrected chi connectivity index (χ0v) is 16.6. The maximum absolute atomic E-state index is 12.8. The summed E-state index contributed by atoms with van der Waals surface area (Å²) >= 11 is 0. The summed E-state index contributed by atoms with van der Waals surface area (Å²) in [6.07, 6.45) is 1.36. The summed E-state index contributed by atoms with van der Waals surface area (Å²) in [5, 5.41) is 18.1. The number of aromatic nitrogens is 6. The summed E-state index contributed by atoms with van der Waals surface area (Å²) in [6.45, 7) is 9.16. The van der Waals surface area contributed by atoms with Crippen molar-refractivity contribution in [2.75, 3.05) is 10.6 Å². The van der Waals surface area contributed by atoms with E-state index < -0.39 is 11.8 Å². The summed E-state index contributed by atoms with van der Waals surface area (Å²) < 4.78 is 4.92. The van der Waals surface area contributed by atoms with Crippen LogP contribution in [0.1, 0.15) is 46.1 Å². The van der Waals surface area contributed by atoms with Crippen LogP contribution in [-0.4, -0.2) is 41.2 Å². The Bertz CT molecular complexity index is 1030. The second-order valence-corrected chi connectivity index (χ2v) is 6.41. The van der Waals surface area contributed by atoms with Gasteiger partial charge in [-0.3, -0.25) is 23.6 Å². The van der Waals surface area contributed by atoms with E-state index >= 15 is 0 Å². The third kappa shape index (κ3) is 3.66. The van der Waals surface area contributed by atoms with Crippen LogP contribution in [0.5, 0.6) is 0 Å².